The van der Waals surface area contributed by atoms with Crippen molar-refractivity contribution in [3.63, 3.8) is 0 Å². The van der Waals surface area contributed by atoms with E-state index in [0.29, 0.717) is 16.3 Å². The van der Waals surface area contributed by atoms with Crippen LogP contribution in [0, 0.1) is 0 Å². The number of thiophene rings is 1. The normalized spacial score (nSPS) is 10.7. The van der Waals surface area contributed by atoms with Crippen molar-refractivity contribution in [3.05, 3.63) is 4.88 Å². The highest BCUT2D eigenvalue weighted by atomic mass is 32.1. The van der Waals surface area contributed by atoms with Gasteiger partial charge in [0.1, 0.15) is 15.6 Å². The lowest BCUT2D eigenvalue weighted by Gasteiger charge is -2.12. The van der Waals surface area contributed by atoms with Crippen molar-refractivity contribution in [2.75, 3.05) is 24.7 Å². The molecule has 0 unspecified atom stereocenters. The van der Waals surface area contributed by atoms with Gasteiger partial charge in [0.2, 0.25) is 0 Å². The molecule has 5 nitrogen and oxygen atoms in total. The minimum absolute atomic E-state index is 0.00645. The maximum absolute atomic E-state index is 11.7. The molecule has 0 spiro atoms. The second-order valence-electron chi connectivity index (χ2n) is 5.15. The predicted molar refractivity (Wildman–Crippen MR) is 88.5 cm³/mol. The molecule has 0 amide bonds. The molecule has 1 heterocycles. The molecule has 120 valence electrons. The zero-order valence-corrected chi connectivity index (χ0v) is 14.1. The number of hydrogen-bond acceptors (Lipinski definition) is 6. The van der Waals surface area contributed by atoms with Crippen molar-refractivity contribution in [1.29, 1.82) is 0 Å². The third kappa shape index (κ3) is 5.12. The smallest absolute Gasteiger partial charge is 0.350 e. The van der Waals surface area contributed by atoms with Crippen molar-refractivity contribution in [2.45, 2.75) is 52.6 Å². The van der Waals surface area contributed by atoms with Crippen molar-refractivity contribution in [3.8, 4) is 5.75 Å². The molecule has 0 bridgehead atoms. The van der Waals surface area contributed by atoms with Crippen molar-refractivity contribution < 1.29 is 14.3 Å². The molecule has 0 aliphatic rings. The van der Waals surface area contributed by atoms with Crippen LogP contribution in [-0.4, -0.2) is 25.7 Å². The van der Waals surface area contributed by atoms with Gasteiger partial charge in [-0.2, -0.15) is 0 Å². The summed E-state index contributed by atoms with van der Waals surface area (Å²) >= 11 is 1.29. The average molecular weight is 314 g/mol. The monoisotopic (exact) mass is 314 g/mol. The summed E-state index contributed by atoms with van der Waals surface area (Å²) in [6, 6.07) is 0. The van der Waals surface area contributed by atoms with Crippen LogP contribution in [0.1, 0.15) is 56.1 Å². The zero-order valence-electron chi connectivity index (χ0n) is 13.3. The van der Waals surface area contributed by atoms with Crippen LogP contribution in [0.25, 0.3) is 0 Å². The van der Waals surface area contributed by atoms with Crippen LogP contribution >= 0.6 is 11.3 Å². The molecule has 0 aliphatic heterocycles. The first kappa shape index (κ1) is 17.6. The molecular weight excluding hydrogens is 288 g/mol. The topological polar surface area (TPSA) is 73.6 Å². The predicted octanol–water partition coefficient (Wildman–Crippen LogP) is 3.90. The number of methoxy groups -OCH3 is 1. The van der Waals surface area contributed by atoms with Gasteiger partial charge in [0, 0.05) is 6.54 Å². The lowest BCUT2D eigenvalue weighted by atomic mass is 10.2. The number of unbranched alkanes of at least 4 members (excludes halogenated alkanes) is 3. The molecule has 0 aliphatic carbocycles. The van der Waals surface area contributed by atoms with E-state index >= 15 is 0 Å². The number of rotatable bonds is 9. The Morgan fingerprint density at radius 2 is 2.05 bits per heavy atom. The standard InChI is InChI=1S/C15H26N2O3S/c1-5-6-7-8-9-17-14-12(20-10(2)3)11(16)13(21-14)15(18)19-4/h10,17H,5-9,16H2,1-4H3. The highest BCUT2D eigenvalue weighted by molar-refractivity contribution is 7.19. The summed E-state index contributed by atoms with van der Waals surface area (Å²) in [5.41, 5.74) is 6.38. The van der Waals surface area contributed by atoms with Crippen LogP contribution in [0.4, 0.5) is 10.7 Å². The van der Waals surface area contributed by atoms with Gasteiger partial charge < -0.3 is 20.5 Å². The third-order valence-corrected chi connectivity index (χ3v) is 4.06. The molecule has 6 heteroatoms. The summed E-state index contributed by atoms with van der Waals surface area (Å²) in [7, 11) is 1.35. The van der Waals surface area contributed by atoms with E-state index in [4.69, 9.17) is 15.2 Å². The van der Waals surface area contributed by atoms with E-state index in [0.717, 1.165) is 18.0 Å². The summed E-state index contributed by atoms with van der Waals surface area (Å²) in [4.78, 5) is 12.1. The Labute approximate surface area is 130 Å². The average Bonchev–Trinajstić information content (AvgIpc) is 2.75. The third-order valence-electron chi connectivity index (χ3n) is 2.94. The highest BCUT2D eigenvalue weighted by Crippen LogP contribution is 2.43. The lowest BCUT2D eigenvalue weighted by molar-refractivity contribution is 0.0607. The zero-order chi connectivity index (χ0) is 15.8. The number of nitrogens with two attached hydrogens (primary N) is 1. The lowest BCUT2D eigenvalue weighted by Crippen LogP contribution is -2.09. The van der Waals surface area contributed by atoms with Crippen LogP contribution < -0.4 is 15.8 Å². The molecule has 1 aromatic rings. The van der Waals surface area contributed by atoms with Gasteiger partial charge in [0.05, 0.1) is 13.2 Å². The largest absolute Gasteiger partial charge is 0.486 e. The Morgan fingerprint density at radius 3 is 2.62 bits per heavy atom. The minimum atomic E-state index is -0.426. The SMILES string of the molecule is CCCCCCNc1sc(C(=O)OC)c(N)c1OC(C)C. The molecule has 0 radical (unpaired) electrons. The Balaban J connectivity index is 2.81. The molecule has 0 saturated heterocycles. The molecule has 0 saturated carbocycles. The van der Waals surface area contributed by atoms with Gasteiger partial charge in [-0.05, 0) is 20.3 Å². The fourth-order valence-corrected chi connectivity index (χ4v) is 2.89. The molecule has 0 aromatic carbocycles. The van der Waals surface area contributed by atoms with Gasteiger partial charge in [-0.15, -0.1) is 11.3 Å². The van der Waals surface area contributed by atoms with E-state index in [9.17, 15) is 4.79 Å². The van der Waals surface area contributed by atoms with Gasteiger partial charge in [-0.25, -0.2) is 4.79 Å². The Morgan fingerprint density at radius 1 is 1.33 bits per heavy atom. The van der Waals surface area contributed by atoms with Crippen molar-refractivity contribution >= 4 is 28.0 Å². The molecule has 1 rings (SSSR count). The number of carbonyl (C=O) groups is 1. The van der Waals surface area contributed by atoms with Crippen molar-refractivity contribution in [1.82, 2.24) is 0 Å². The fraction of sp³-hybridized carbons (Fsp3) is 0.667. The van der Waals surface area contributed by atoms with Crippen LogP contribution in [-0.2, 0) is 4.74 Å². The van der Waals surface area contributed by atoms with Crippen LogP contribution in [0.2, 0.25) is 0 Å². The number of hydrogen-bond donors (Lipinski definition) is 2. The molecule has 3 N–H and O–H groups in total. The summed E-state index contributed by atoms with van der Waals surface area (Å²) < 4.78 is 10.5. The first-order chi connectivity index (χ1) is 10.0. The van der Waals surface area contributed by atoms with Gasteiger partial charge in [-0.1, -0.05) is 26.2 Å². The van der Waals surface area contributed by atoms with Gasteiger partial charge in [0.15, 0.2) is 5.75 Å². The maximum Gasteiger partial charge on any atom is 0.350 e. The molecule has 0 atom stereocenters. The van der Waals surface area contributed by atoms with E-state index in [-0.39, 0.29) is 6.10 Å². The second-order valence-corrected chi connectivity index (χ2v) is 6.17. The summed E-state index contributed by atoms with van der Waals surface area (Å²) in [5, 5.41) is 4.13. The number of nitrogen functional groups attached to an aromatic ring is 1. The highest BCUT2D eigenvalue weighted by Gasteiger charge is 2.23. The minimum Gasteiger partial charge on any atom is -0.486 e. The van der Waals surface area contributed by atoms with Crippen LogP contribution in [0.15, 0.2) is 0 Å². The Kier molecular flexibility index (Phi) is 7.36. The summed E-state index contributed by atoms with van der Waals surface area (Å²) in [6.45, 7) is 6.89. The van der Waals surface area contributed by atoms with E-state index < -0.39 is 5.97 Å². The van der Waals surface area contributed by atoms with Gasteiger partial charge in [-0.3, -0.25) is 0 Å². The first-order valence-electron chi connectivity index (χ1n) is 7.42. The summed E-state index contributed by atoms with van der Waals surface area (Å²) in [5.74, 6) is 0.135. The second kappa shape index (κ2) is 8.77. The van der Waals surface area contributed by atoms with Gasteiger partial charge in [0.25, 0.3) is 0 Å². The molecular formula is C15H26N2O3S. The Hall–Kier alpha value is -1.43. The fourth-order valence-electron chi connectivity index (χ4n) is 1.90. The first-order valence-corrected chi connectivity index (χ1v) is 8.24. The van der Waals surface area contributed by atoms with Crippen molar-refractivity contribution in [2.24, 2.45) is 0 Å². The van der Waals surface area contributed by atoms with E-state index in [1.54, 1.807) is 0 Å². The number of ether oxygens (including phenoxy) is 2. The van der Waals surface area contributed by atoms with E-state index in [1.807, 2.05) is 13.8 Å². The molecule has 1 aromatic heterocycles. The quantitative estimate of drug-likeness (QED) is 0.534. The van der Waals surface area contributed by atoms with E-state index in [2.05, 4.69) is 12.2 Å². The maximum atomic E-state index is 11.7. The number of esters is 1. The van der Waals surface area contributed by atoms with Gasteiger partial charge >= 0.3 is 5.97 Å². The molecule has 21 heavy (non-hydrogen) atoms. The number of carbonyl (C=O) groups excluding carboxylic acids is 1. The van der Waals surface area contributed by atoms with Crippen LogP contribution in [0.5, 0.6) is 5.75 Å². The summed E-state index contributed by atoms with van der Waals surface area (Å²) in [6.07, 6.45) is 4.71. The van der Waals surface area contributed by atoms with Crippen LogP contribution in [0.3, 0.4) is 0 Å². The number of nitrogens with one attached hydrogen (secondary N) is 1. The number of anilines is 2. The van der Waals surface area contributed by atoms with E-state index in [1.165, 1.54) is 37.7 Å². The Bertz CT molecular complexity index is 458. The molecule has 0 fully saturated rings.